The third-order valence-electron chi connectivity index (χ3n) is 3.74. The van der Waals surface area contributed by atoms with E-state index in [0.717, 1.165) is 12.0 Å². The van der Waals surface area contributed by atoms with Crippen LogP contribution in [0.15, 0.2) is 24.3 Å². The SMILES string of the molecule is O=C(COC(=O)CN1CCCC1=O)NCCc1ccc(OC(F)F)cc1. The molecule has 0 saturated carbocycles. The molecule has 1 aromatic rings. The molecule has 9 heteroatoms. The smallest absolute Gasteiger partial charge is 0.387 e. The number of ether oxygens (including phenoxy) is 2. The average molecular weight is 370 g/mol. The van der Waals surface area contributed by atoms with Gasteiger partial charge in [0.05, 0.1) is 0 Å². The zero-order valence-corrected chi connectivity index (χ0v) is 14.1. The van der Waals surface area contributed by atoms with Gasteiger partial charge in [0, 0.05) is 19.5 Å². The Balaban J connectivity index is 1.61. The number of rotatable bonds is 9. The molecule has 7 nitrogen and oxygen atoms in total. The zero-order valence-electron chi connectivity index (χ0n) is 14.1. The Morgan fingerprint density at radius 2 is 1.96 bits per heavy atom. The molecule has 2 rings (SSSR count). The van der Waals surface area contributed by atoms with E-state index in [1.807, 2.05) is 0 Å². The third kappa shape index (κ3) is 6.66. The number of amides is 2. The summed E-state index contributed by atoms with van der Waals surface area (Å²) in [5.74, 6) is -1.10. The van der Waals surface area contributed by atoms with Crippen LogP contribution in [0, 0.1) is 0 Å². The van der Waals surface area contributed by atoms with E-state index in [1.165, 1.54) is 17.0 Å². The van der Waals surface area contributed by atoms with Crippen LogP contribution in [-0.4, -0.2) is 55.5 Å². The Hall–Kier alpha value is -2.71. The minimum absolute atomic E-state index is 0.0659. The second-order valence-corrected chi connectivity index (χ2v) is 5.70. The first kappa shape index (κ1) is 19.6. The van der Waals surface area contributed by atoms with E-state index in [1.54, 1.807) is 12.1 Å². The van der Waals surface area contributed by atoms with Crippen LogP contribution in [0.4, 0.5) is 8.78 Å². The number of carbonyl (C=O) groups is 3. The van der Waals surface area contributed by atoms with Crippen LogP contribution < -0.4 is 10.1 Å². The lowest BCUT2D eigenvalue weighted by Crippen LogP contribution is -2.35. The predicted octanol–water partition coefficient (Wildman–Crippen LogP) is 1.11. The predicted molar refractivity (Wildman–Crippen MR) is 86.6 cm³/mol. The number of nitrogens with one attached hydrogen (secondary N) is 1. The van der Waals surface area contributed by atoms with Crippen LogP contribution in [0.5, 0.6) is 5.75 Å². The van der Waals surface area contributed by atoms with Crippen LogP contribution in [0.25, 0.3) is 0 Å². The van der Waals surface area contributed by atoms with Gasteiger partial charge in [0.2, 0.25) is 5.91 Å². The number of hydrogen-bond acceptors (Lipinski definition) is 5. The highest BCUT2D eigenvalue weighted by Gasteiger charge is 2.23. The maximum absolute atomic E-state index is 12.0. The Bertz CT molecular complexity index is 637. The first-order valence-corrected chi connectivity index (χ1v) is 8.18. The summed E-state index contributed by atoms with van der Waals surface area (Å²) in [5.41, 5.74) is 0.830. The highest BCUT2D eigenvalue weighted by Crippen LogP contribution is 2.15. The van der Waals surface area contributed by atoms with E-state index in [9.17, 15) is 23.2 Å². The van der Waals surface area contributed by atoms with Gasteiger partial charge in [-0.15, -0.1) is 0 Å². The molecule has 1 aromatic carbocycles. The van der Waals surface area contributed by atoms with Gasteiger partial charge in [-0.1, -0.05) is 12.1 Å². The summed E-state index contributed by atoms with van der Waals surface area (Å²) < 4.78 is 33.2. The molecule has 0 aliphatic carbocycles. The lowest BCUT2D eigenvalue weighted by Gasteiger charge is -2.14. The molecule has 1 aliphatic rings. The van der Waals surface area contributed by atoms with Gasteiger partial charge in [-0.25, -0.2) is 0 Å². The van der Waals surface area contributed by atoms with Crippen molar-refractivity contribution in [3.63, 3.8) is 0 Å². The maximum atomic E-state index is 12.0. The molecule has 2 amide bonds. The molecule has 0 aromatic heterocycles. The van der Waals surface area contributed by atoms with Crippen molar-refractivity contribution >= 4 is 17.8 Å². The number of hydrogen-bond donors (Lipinski definition) is 1. The second kappa shape index (κ2) is 9.69. The van der Waals surface area contributed by atoms with Crippen molar-refractivity contribution in [3.8, 4) is 5.75 Å². The van der Waals surface area contributed by atoms with Crippen molar-refractivity contribution in [2.45, 2.75) is 25.9 Å². The molecule has 0 atom stereocenters. The van der Waals surface area contributed by atoms with Gasteiger partial charge in [-0.2, -0.15) is 8.78 Å². The summed E-state index contributed by atoms with van der Waals surface area (Å²) in [7, 11) is 0. The normalized spacial score (nSPS) is 13.8. The topological polar surface area (TPSA) is 84.9 Å². The summed E-state index contributed by atoms with van der Waals surface area (Å²) >= 11 is 0. The van der Waals surface area contributed by atoms with Gasteiger partial charge in [0.15, 0.2) is 6.61 Å². The number of carbonyl (C=O) groups excluding carboxylic acids is 3. The molecule has 1 N–H and O–H groups in total. The van der Waals surface area contributed by atoms with Crippen LogP contribution in [0.1, 0.15) is 18.4 Å². The van der Waals surface area contributed by atoms with Crippen molar-refractivity contribution in [3.05, 3.63) is 29.8 Å². The molecule has 26 heavy (non-hydrogen) atoms. The minimum atomic E-state index is -2.87. The van der Waals surface area contributed by atoms with Crippen LogP contribution in [0.3, 0.4) is 0 Å². The summed E-state index contributed by atoms with van der Waals surface area (Å²) in [6, 6.07) is 6.09. The molecule has 142 valence electrons. The average Bonchev–Trinajstić information content (AvgIpc) is 2.99. The molecule has 0 unspecified atom stereocenters. The van der Waals surface area contributed by atoms with Gasteiger partial charge in [-0.3, -0.25) is 14.4 Å². The standard InChI is InChI=1S/C17H20F2N2O5/c18-17(19)26-13-5-3-12(4-6-13)7-8-20-14(22)11-25-16(24)10-21-9-1-2-15(21)23/h3-6,17H,1-2,7-11H2,(H,20,22). The van der Waals surface area contributed by atoms with Gasteiger partial charge >= 0.3 is 12.6 Å². The monoisotopic (exact) mass is 370 g/mol. The Morgan fingerprint density at radius 1 is 1.23 bits per heavy atom. The largest absolute Gasteiger partial charge is 0.454 e. The third-order valence-corrected chi connectivity index (χ3v) is 3.74. The van der Waals surface area contributed by atoms with Gasteiger partial charge in [0.1, 0.15) is 12.3 Å². The van der Waals surface area contributed by atoms with Gasteiger partial charge < -0.3 is 19.7 Å². The molecule has 1 fully saturated rings. The molecular weight excluding hydrogens is 350 g/mol. The fraction of sp³-hybridized carbons (Fsp3) is 0.471. The lowest BCUT2D eigenvalue weighted by atomic mass is 10.1. The molecule has 0 bridgehead atoms. The van der Waals surface area contributed by atoms with Gasteiger partial charge in [0.25, 0.3) is 5.91 Å². The van der Waals surface area contributed by atoms with E-state index in [2.05, 4.69) is 10.1 Å². The van der Waals surface area contributed by atoms with Crippen molar-refractivity contribution in [1.82, 2.24) is 10.2 Å². The van der Waals surface area contributed by atoms with Crippen LogP contribution in [-0.2, 0) is 25.5 Å². The summed E-state index contributed by atoms with van der Waals surface area (Å²) in [5, 5.41) is 2.59. The summed E-state index contributed by atoms with van der Waals surface area (Å²) in [6.07, 6.45) is 1.64. The molecular formula is C17H20F2N2O5. The van der Waals surface area contributed by atoms with E-state index in [4.69, 9.17) is 4.74 Å². The first-order valence-electron chi connectivity index (χ1n) is 8.18. The Morgan fingerprint density at radius 3 is 2.58 bits per heavy atom. The molecule has 0 radical (unpaired) electrons. The number of benzene rings is 1. The molecule has 1 aliphatic heterocycles. The number of esters is 1. The number of likely N-dealkylation sites (tertiary alicyclic amines) is 1. The Labute approximate surface area is 149 Å². The van der Waals surface area contributed by atoms with Crippen LogP contribution in [0.2, 0.25) is 0 Å². The molecule has 1 heterocycles. The minimum Gasteiger partial charge on any atom is -0.454 e. The number of halogens is 2. The second-order valence-electron chi connectivity index (χ2n) is 5.70. The van der Waals surface area contributed by atoms with Crippen molar-refractivity contribution in [2.75, 3.05) is 26.2 Å². The van der Waals surface area contributed by atoms with Gasteiger partial charge in [-0.05, 0) is 30.5 Å². The highest BCUT2D eigenvalue weighted by atomic mass is 19.3. The van der Waals surface area contributed by atoms with E-state index in [-0.39, 0.29) is 18.2 Å². The maximum Gasteiger partial charge on any atom is 0.387 e. The van der Waals surface area contributed by atoms with E-state index < -0.39 is 25.1 Å². The first-order chi connectivity index (χ1) is 12.4. The number of nitrogens with zero attached hydrogens (tertiary/aromatic N) is 1. The highest BCUT2D eigenvalue weighted by molar-refractivity contribution is 5.85. The molecule has 1 saturated heterocycles. The fourth-order valence-corrected chi connectivity index (χ4v) is 2.45. The lowest BCUT2D eigenvalue weighted by molar-refractivity contribution is -0.151. The van der Waals surface area contributed by atoms with Crippen molar-refractivity contribution in [2.24, 2.45) is 0 Å². The fourth-order valence-electron chi connectivity index (χ4n) is 2.45. The van der Waals surface area contributed by atoms with E-state index in [0.29, 0.717) is 25.9 Å². The van der Waals surface area contributed by atoms with Crippen molar-refractivity contribution in [1.29, 1.82) is 0 Å². The molecule has 0 spiro atoms. The van der Waals surface area contributed by atoms with Crippen molar-refractivity contribution < 1.29 is 32.6 Å². The zero-order chi connectivity index (χ0) is 18.9. The quantitative estimate of drug-likeness (QED) is 0.659. The Kier molecular flexibility index (Phi) is 7.31. The summed E-state index contributed by atoms with van der Waals surface area (Å²) in [4.78, 5) is 36.0. The van der Waals surface area contributed by atoms with E-state index >= 15 is 0 Å². The van der Waals surface area contributed by atoms with Crippen LogP contribution >= 0.6 is 0 Å². The number of alkyl halides is 2. The summed E-state index contributed by atoms with van der Waals surface area (Å²) in [6.45, 7) is -2.59.